The number of ether oxygens (including phenoxy) is 1. The number of methoxy groups -OCH3 is 1. The molecule has 0 saturated carbocycles. The van der Waals surface area contributed by atoms with Gasteiger partial charge in [0.05, 0.1) is 30.2 Å². The number of hydrogen-bond acceptors (Lipinski definition) is 5. The van der Waals surface area contributed by atoms with Gasteiger partial charge in [-0.2, -0.15) is 0 Å². The number of hydrogen-bond donors (Lipinski definition) is 1. The second-order valence-corrected chi connectivity index (χ2v) is 11.1. The fourth-order valence-corrected chi connectivity index (χ4v) is 5.89. The summed E-state index contributed by atoms with van der Waals surface area (Å²) in [4.78, 5) is 13.9. The minimum absolute atomic E-state index is 0.0261. The first kappa shape index (κ1) is 25.4. The number of esters is 1. The number of nitrogens with one attached hydrogen (secondary N) is 1. The van der Waals surface area contributed by atoms with E-state index in [1.165, 1.54) is 13.2 Å². The molecule has 0 radical (unpaired) electrons. The number of benzene rings is 3. The number of sulfonamides is 1. The lowest BCUT2D eigenvalue weighted by atomic mass is 9.91. The molecule has 35 heavy (non-hydrogen) atoms. The summed E-state index contributed by atoms with van der Waals surface area (Å²) < 4.78 is 46.4. The first-order valence-electron chi connectivity index (χ1n) is 10.8. The SMILES string of the molecule is COC(=O)c1cc(F)cc(NS(=O)(=O)CC2CN(C(c3ccc(Cl)cc3)c3ccc(Cl)cc3)C2)c1. The standard InChI is InChI=1S/C25H23Cl2FN2O4S/c1-34-25(31)19-10-22(28)12-23(11-19)29-35(32,33)15-16-13-30(14-16)24(17-2-6-20(26)7-3-17)18-4-8-21(27)9-5-18/h2-12,16,24,29H,13-15H2,1H3. The van der Waals surface area contributed by atoms with E-state index < -0.39 is 21.8 Å². The Labute approximate surface area is 213 Å². The molecule has 0 unspecified atom stereocenters. The Kier molecular flexibility index (Phi) is 7.66. The van der Waals surface area contributed by atoms with Crippen molar-refractivity contribution in [3.05, 3.63) is 99.3 Å². The van der Waals surface area contributed by atoms with Crippen molar-refractivity contribution in [3.8, 4) is 0 Å². The van der Waals surface area contributed by atoms with Gasteiger partial charge >= 0.3 is 5.97 Å². The first-order chi connectivity index (χ1) is 16.6. The van der Waals surface area contributed by atoms with Crippen LogP contribution in [0.2, 0.25) is 10.0 Å². The summed E-state index contributed by atoms with van der Waals surface area (Å²) in [5, 5.41) is 1.27. The summed E-state index contributed by atoms with van der Waals surface area (Å²) >= 11 is 12.1. The zero-order valence-electron chi connectivity index (χ0n) is 18.7. The minimum atomic E-state index is -3.78. The molecule has 6 nitrogen and oxygen atoms in total. The quantitative estimate of drug-likeness (QED) is 0.391. The molecule has 184 valence electrons. The molecule has 1 aliphatic rings. The van der Waals surface area contributed by atoms with E-state index in [1.807, 2.05) is 48.5 Å². The number of likely N-dealkylation sites (tertiary alicyclic amines) is 1. The van der Waals surface area contributed by atoms with Gasteiger partial charge in [-0.15, -0.1) is 0 Å². The highest BCUT2D eigenvalue weighted by Gasteiger charge is 2.36. The van der Waals surface area contributed by atoms with Crippen LogP contribution < -0.4 is 4.72 Å². The lowest BCUT2D eigenvalue weighted by Gasteiger charge is -2.44. The first-order valence-corrected chi connectivity index (χ1v) is 13.2. The molecule has 3 aromatic carbocycles. The monoisotopic (exact) mass is 536 g/mol. The van der Waals surface area contributed by atoms with Crippen molar-refractivity contribution in [3.63, 3.8) is 0 Å². The number of carbonyl (C=O) groups excluding carboxylic acids is 1. The predicted octanol–water partition coefficient (Wildman–Crippen LogP) is 5.38. The second kappa shape index (κ2) is 10.5. The van der Waals surface area contributed by atoms with Crippen molar-refractivity contribution < 1.29 is 22.3 Å². The van der Waals surface area contributed by atoms with Crippen LogP contribution in [0.1, 0.15) is 27.5 Å². The number of nitrogens with zero attached hydrogens (tertiary/aromatic N) is 1. The smallest absolute Gasteiger partial charge is 0.338 e. The molecule has 0 aromatic heterocycles. The third-order valence-corrected chi connectivity index (χ3v) is 7.73. The molecule has 4 rings (SSSR count). The van der Waals surface area contributed by atoms with E-state index in [1.54, 1.807) is 0 Å². The molecule has 0 bridgehead atoms. The summed E-state index contributed by atoms with van der Waals surface area (Å²) in [6.07, 6.45) is 0. The maximum Gasteiger partial charge on any atom is 0.338 e. The van der Waals surface area contributed by atoms with Crippen molar-refractivity contribution in [2.45, 2.75) is 6.04 Å². The topological polar surface area (TPSA) is 75.7 Å². The van der Waals surface area contributed by atoms with Crippen LogP contribution in [-0.4, -0.2) is 45.2 Å². The van der Waals surface area contributed by atoms with Gasteiger partial charge in [0.1, 0.15) is 5.82 Å². The highest BCUT2D eigenvalue weighted by molar-refractivity contribution is 7.92. The zero-order chi connectivity index (χ0) is 25.2. The Hall–Kier alpha value is -2.65. The van der Waals surface area contributed by atoms with Crippen LogP contribution in [0.3, 0.4) is 0 Å². The molecule has 1 fully saturated rings. The molecule has 3 aromatic rings. The Morgan fingerprint density at radius 2 is 1.57 bits per heavy atom. The fourth-order valence-electron chi connectivity index (χ4n) is 4.25. The highest BCUT2D eigenvalue weighted by Crippen LogP contribution is 2.36. The molecule has 1 heterocycles. The van der Waals surface area contributed by atoms with Gasteiger partial charge in [0.25, 0.3) is 0 Å². The van der Waals surface area contributed by atoms with E-state index >= 15 is 0 Å². The molecule has 0 spiro atoms. The molecular formula is C25H23Cl2FN2O4S. The van der Waals surface area contributed by atoms with Crippen molar-refractivity contribution in [2.24, 2.45) is 5.92 Å². The molecule has 1 N–H and O–H groups in total. The molecular weight excluding hydrogens is 514 g/mol. The average Bonchev–Trinajstić information content (AvgIpc) is 2.78. The molecule has 0 amide bonds. The van der Waals surface area contributed by atoms with E-state index in [4.69, 9.17) is 23.2 Å². The van der Waals surface area contributed by atoms with Gasteiger partial charge in [-0.25, -0.2) is 17.6 Å². The fraction of sp³-hybridized carbons (Fsp3) is 0.240. The van der Waals surface area contributed by atoms with E-state index in [9.17, 15) is 17.6 Å². The van der Waals surface area contributed by atoms with E-state index in [0.29, 0.717) is 23.1 Å². The van der Waals surface area contributed by atoms with Gasteiger partial charge in [-0.3, -0.25) is 9.62 Å². The van der Waals surface area contributed by atoms with Crippen LogP contribution in [0.15, 0.2) is 66.7 Å². The third-order valence-electron chi connectivity index (χ3n) is 5.77. The zero-order valence-corrected chi connectivity index (χ0v) is 21.1. The highest BCUT2D eigenvalue weighted by atomic mass is 35.5. The summed E-state index contributed by atoms with van der Waals surface area (Å²) in [6, 6.07) is 18.3. The van der Waals surface area contributed by atoms with Crippen LogP contribution in [0.5, 0.6) is 0 Å². The number of rotatable bonds is 8. The Morgan fingerprint density at radius 3 is 2.09 bits per heavy atom. The van der Waals surface area contributed by atoms with Crippen LogP contribution in [0.25, 0.3) is 0 Å². The second-order valence-electron chi connectivity index (χ2n) is 8.43. The summed E-state index contributed by atoms with van der Waals surface area (Å²) in [5.74, 6) is -1.76. The van der Waals surface area contributed by atoms with Crippen LogP contribution in [-0.2, 0) is 14.8 Å². The van der Waals surface area contributed by atoms with Gasteiger partial charge in [-0.05, 0) is 53.6 Å². The Balaban J connectivity index is 1.45. The number of anilines is 1. The maximum absolute atomic E-state index is 13.9. The largest absolute Gasteiger partial charge is 0.465 e. The number of carbonyl (C=O) groups is 1. The Bertz CT molecular complexity index is 1270. The molecule has 1 saturated heterocycles. The normalized spacial score (nSPS) is 14.5. The van der Waals surface area contributed by atoms with E-state index in [2.05, 4.69) is 14.4 Å². The lowest BCUT2D eigenvalue weighted by Crippen LogP contribution is -2.51. The van der Waals surface area contributed by atoms with Crippen molar-refractivity contribution in [2.75, 3.05) is 30.7 Å². The van der Waals surface area contributed by atoms with Crippen molar-refractivity contribution in [1.82, 2.24) is 4.90 Å². The van der Waals surface area contributed by atoms with Crippen LogP contribution >= 0.6 is 23.2 Å². The van der Waals surface area contributed by atoms with Gasteiger partial charge < -0.3 is 4.74 Å². The van der Waals surface area contributed by atoms with Gasteiger partial charge in [0.15, 0.2) is 0 Å². The molecule has 0 aliphatic carbocycles. The maximum atomic E-state index is 13.9. The third kappa shape index (κ3) is 6.32. The average molecular weight is 537 g/mol. The van der Waals surface area contributed by atoms with Gasteiger partial charge in [0, 0.05) is 29.1 Å². The van der Waals surface area contributed by atoms with Crippen LogP contribution in [0, 0.1) is 11.7 Å². The van der Waals surface area contributed by atoms with Gasteiger partial charge in [0.2, 0.25) is 10.0 Å². The molecule has 10 heteroatoms. The lowest BCUT2D eigenvalue weighted by molar-refractivity contribution is 0.0600. The summed E-state index contributed by atoms with van der Waals surface area (Å²) in [7, 11) is -2.61. The summed E-state index contributed by atoms with van der Waals surface area (Å²) in [5.41, 5.74) is 1.97. The molecule has 0 atom stereocenters. The van der Waals surface area contributed by atoms with Crippen molar-refractivity contribution >= 4 is 44.9 Å². The number of halogens is 3. The van der Waals surface area contributed by atoms with Crippen LogP contribution in [0.4, 0.5) is 10.1 Å². The summed E-state index contributed by atoms with van der Waals surface area (Å²) in [6.45, 7) is 1.10. The van der Waals surface area contributed by atoms with Gasteiger partial charge in [-0.1, -0.05) is 47.5 Å². The Morgan fingerprint density at radius 1 is 1.03 bits per heavy atom. The predicted molar refractivity (Wildman–Crippen MR) is 135 cm³/mol. The molecule has 1 aliphatic heterocycles. The minimum Gasteiger partial charge on any atom is -0.465 e. The van der Waals surface area contributed by atoms with E-state index in [-0.39, 0.29) is 29.0 Å². The van der Waals surface area contributed by atoms with E-state index in [0.717, 1.165) is 23.3 Å². The van der Waals surface area contributed by atoms with Crippen molar-refractivity contribution in [1.29, 1.82) is 0 Å².